The highest BCUT2D eigenvalue weighted by Gasteiger charge is 1.83. The molecule has 0 radical (unpaired) electrons. The lowest BCUT2D eigenvalue weighted by molar-refractivity contribution is -0.627. The Labute approximate surface area is 59.2 Å². The van der Waals surface area contributed by atoms with Gasteiger partial charge in [-0.3, -0.25) is 0 Å². The van der Waals surface area contributed by atoms with Crippen LogP contribution in [0.3, 0.4) is 0 Å². The minimum atomic E-state index is 0. The molecule has 0 bridgehead atoms. The van der Waals surface area contributed by atoms with Gasteiger partial charge in [0.1, 0.15) is 0 Å². The Morgan fingerprint density at radius 2 is 2.11 bits per heavy atom. The van der Waals surface area contributed by atoms with E-state index in [9.17, 15) is 0 Å². The molecule has 2 N–H and O–H groups in total. The Kier molecular flexibility index (Phi) is 13.6. The molecule has 0 fully saturated rings. The average Bonchev–Trinajstić information content (AvgIpc) is 1.81. The summed E-state index contributed by atoms with van der Waals surface area (Å²) < 4.78 is 0. The van der Waals surface area contributed by atoms with E-state index < -0.39 is 0 Å². The minimum absolute atomic E-state index is 0. The number of hydrogen-bond donors (Lipinski definition) is 1. The van der Waals surface area contributed by atoms with Crippen LogP contribution in [0, 0.1) is 0 Å². The van der Waals surface area contributed by atoms with Crippen molar-refractivity contribution in [2.24, 2.45) is 0 Å². The smallest absolute Gasteiger partial charge is 0.0753 e. The van der Waals surface area contributed by atoms with Crippen LogP contribution in [0.15, 0.2) is 12.7 Å². The van der Waals surface area contributed by atoms with Gasteiger partial charge in [0.25, 0.3) is 0 Å². The first-order chi connectivity index (χ1) is 3.91. The van der Waals surface area contributed by atoms with Crippen molar-refractivity contribution in [3.8, 4) is 0 Å². The summed E-state index contributed by atoms with van der Waals surface area (Å²) >= 11 is 0. The van der Waals surface area contributed by atoms with Crippen LogP contribution < -0.4 is 5.32 Å². The van der Waals surface area contributed by atoms with Crippen LogP contribution in [-0.4, -0.2) is 13.6 Å². The van der Waals surface area contributed by atoms with Crippen molar-refractivity contribution in [3.63, 3.8) is 0 Å². The van der Waals surface area contributed by atoms with Crippen LogP contribution in [0.25, 0.3) is 0 Å². The van der Waals surface area contributed by atoms with Gasteiger partial charge < -0.3 is 5.32 Å². The molecule has 1 heteroatoms. The number of quaternary nitrogens is 1. The quantitative estimate of drug-likeness (QED) is 0.425. The highest BCUT2D eigenvalue weighted by atomic mass is 14.8. The summed E-state index contributed by atoms with van der Waals surface area (Å²) in [7, 11) is 2.11. The Morgan fingerprint density at radius 3 is 2.56 bits per heavy atom. The summed E-state index contributed by atoms with van der Waals surface area (Å²) in [5.41, 5.74) is 0. The van der Waals surface area contributed by atoms with E-state index in [1.165, 1.54) is 25.8 Å². The van der Waals surface area contributed by atoms with Crippen molar-refractivity contribution >= 4 is 0 Å². The maximum atomic E-state index is 3.65. The van der Waals surface area contributed by atoms with Crippen molar-refractivity contribution in [2.45, 2.75) is 26.7 Å². The second-order valence-electron chi connectivity index (χ2n) is 1.98. The molecular weight excluding hydrogens is 110 g/mol. The second kappa shape index (κ2) is 10.6. The molecule has 0 aliphatic rings. The predicted molar refractivity (Wildman–Crippen MR) is 43.5 cm³/mol. The molecule has 0 aliphatic carbocycles. The van der Waals surface area contributed by atoms with E-state index in [0.717, 1.165) is 0 Å². The highest BCUT2D eigenvalue weighted by Crippen LogP contribution is 1.91. The Morgan fingerprint density at radius 1 is 1.44 bits per heavy atom. The molecule has 0 unspecified atom stereocenters. The van der Waals surface area contributed by atoms with Gasteiger partial charge in [-0.1, -0.05) is 13.5 Å². The first-order valence-corrected chi connectivity index (χ1v) is 3.30. The maximum Gasteiger partial charge on any atom is 0.0753 e. The highest BCUT2D eigenvalue weighted by molar-refractivity contribution is 4.64. The molecule has 0 spiro atoms. The molecule has 0 amide bonds. The number of unbranched alkanes of at least 4 members (excludes halogenated alkanes) is 2. The molecule has 0 aromatic rings. The third-order valence-electron chi connectivity index (χ3n) is 1.15. The molecule has 0 aliphatic heterocycles. The summed E-state index contributed by atoms with van der Waals surface area (Å²) in [6, 6.07) is 0. The summed E-state index contributed by atoms with van der Waals surface area (Å²) in [5.74, 6) is 0. The van der Waals surface area contributed by atoms with Gasteiger partial charge in [-0.15, -0.1) is 6.58 Å². The van der Waals surface area contributed by atoms with E-state index in [0.29, 0.717) is 0 Å². The van der Waals surface area contributed by atoms with Gasteiger partial charge in [0.2, 0.25) is 0 Å². The van der Waals surface area contributed by atoms with Crippen molar-refractivity contribution in [1.82, 2.24) is 0 Å². The van der Waals surface area contributed by atoms with Crippen LogP contribution in [0.1, 0.15) is 26.7 Å². The maximum absolute atomic E-state index is 3.65. The minimum Gasteiger partial charge on any atom is -0.349 e. The summed E-state index contributed by atoms with van der Waals surface area (Å²) in [5, 5.41) is 2.21. The molecule has 0 rings (SSSR count). The molecule has 9 heavy (non-hydrogen) atoms. The number of rotatable bonds is 5. The van der Waals surface area contributed by atoms with Crippen LogP contribution in [0.4, 0.5) is 0 Å². The molecule has 0 aromatic heterocycles. The summed E-state index contributed by atoms with van der Waals surface area (Å²) in [6.07, 6.45) is 5.78. The van der Waals surface area contributed by atoms with E-state index in [2.05, 4.69) is 18.9 Å². The lowest BCUT2D eigenvalue weighted by Crippen LogP contribution is -2.79. The van der Waals surface area contributed by atoms with E-state index in [-0.39, 0.29) is 7.43 Å². The summed E-state index contributed by atoms with van der Waals surface area (Å²) in [4.78, 5) is 0. The van der Waals surface area contributed by atoms with E-state index >= 15 is 0 Å². The molecule has 0 heterocycles. The Balaban J connectivity index is 0. The zero-order valence-corrected chi connectivity index (χ0v) is 5.69. The zero-order valence-electron chi connectivity index (χ0n) is 5.69. The largest absolute Gasteiger partial charge is 0.349 e. The van der Waals surface area contributed by atoms with E-state index in [1.54, 1.807) is 0 Å². The SMILES string of the molecule is C.C=CCCCC[NH2+]C. The van der Waals surface area contributed by atoms with Crippen molar-refractivity contribution in [1.29, 1.82) is 0 Å². The zero-order chi connectivity index (χ0) is 6.24. The number of hydrogen-bond acceptors (Lipinski definition) is 0. The van der Waals surface area contributed by atoms with E-state index in [1.807, 2.05) is 6.08 Å². The van der Waals surface area contributed by atoms with E-state index in [4.69, 9.17) is 0 Å². The molecular formula is C8H20N+. The molecule has 0 aromatic carbocycles. The van der Waals surface area contributed by atoms with Crippen LogP contribution in [-0.2, 0) is 0 Å². The van der Waals surface area contributed by atoms with Crippen LogP contribution in [0.2, 0.25) is 0 Å². The predicted octanol–water partition coefficient (Wildman–Crippen LogP) is 1.17. The lowest BCUT2D eigenvalue weighted by Gasteiger charge is -1.91. The second-order valence-corrected chi connectivity index (χ2v) is 1.98. The van der Waals surface area contributed by atoms with Gasteiger partial charge in [-0.05, 0) is 19.3 Å². The fourth-order valence-corrected chi connectivity index (χ4v) is 0.637. The lowest BCUT2D eigenvalue weighted by atomic mass is 10.2. The van der Waals surface area contributed by atoms with Crippen molar-refractivity contribution in [2.75, 3.05) is 13.6 Å². The molecule has 0 atom stereocenters. The monoisotopic (exact) mass is 130 g/mol. The standard InChI is InChI=1S/C7H15N.CH4/c1-3-4-5-6-7-8-2;/h3,8H,1,4-7H2,2H3;1H4/p+1. The van der Waals surface area contributed by atoms with Crippen LogP contribution >= 0.6 is 0 Å². The number of nitrogens with two attached hydrogens (primary N) is 1. The average molecular weight is 130 g/mol. The van der Waals surface area contributed by atoms with Gasteiger partial charge in [0.05, 0.1) is 13.6 Å². The summed E-state index contributed by atoms with van der Waals surface area (Å²) in [6.45, 7) is 4.91. The van der Waals surface area contributed by atoms with Gasteiger partial charge in [0, 0.05) is 0 Å². The normalized spacial score (nSPS) is 8.11. The molecule has 0 saturated heterocycles. The van der Waals surface area contributed by atoms with Gasteiger partial charge in [-0.25, -0.2) is 0 Å². The fourth-order valence-electron chi connectivity index (χ4n) is 0.637. The fraction of sp³-hybridized carbons (Fsp3) is 0.750. The Hall–Kier alpha value is -0.300. The van der Waals surface area contributed by atoms with Gasteiger partial charge in [-0.2, -0.15) is 0 Å². The van der Waals surface area contributed by atoms with Crippen molar-refractivity contribution < 1.29 is 5.32 Å². The third-order valence-corrected chi connectivity index (χ3v) is 1.15. The topological polar surface area (TPSA) is 16.6 Å². The molecule has 56 valence electrons. The first kappa shape index (κ1) is 11.5. The van der Waals surface area contributed by atoms with Gasteiger partial charge >= 0.3 is 0 Å². The van der Waals surface area contributed by atoms with Gasteiger partial charge in [0.15, 0.2) is 0 Å². The Bertz CT molecular complexity index is 50.5. The third kappa shape index (κ3) is 11.3. The first-order valence-electron chi connectivity index (χ1n) is 3.30. The van der Waals surface area contributed by atoms with Crippen LogP contribution in [0.5, 0.6) is 0 Å². The number of allylic oxidation sites excluding steroid dienone is 1. The molecule has 1 nitrogen and oxygen atoms in total. The molecule has 0 saturated carbocycles. The van der Waals surface area contributed by atoms with Crippen molar-refractivity contribution in [3.05, 3.63) is 12.7 Å².